The maximum absolute atomic E-state index is 11.4. The summed E-state index contributed by atoms with van der Waals surface area (Å²) in [5, 5.41) is 2.51. The SMILES string of the molecule is CNC(=O)c1nc2c(nc1N)CCCC2. The van der Waals surface area contributed by atoms with Gasteiger partial charge in [-0.2, -0.15) is 0 Å². The lowest BCUT2D eigenvalue weighted by Crippen LogP contribution is -2.23. The molecular formula is C10H14N4O. The molecule has 0 spiro atoms. The molecular weight excluding hydrogens is 192 g/mol. The number of hydrogen-bond donors (Lipinski definition) is 2. The van der Waals surface area contributed by atoms with Crippen LogP contribution >= 0.6 is 0 Å². The molecule has 0 atom stereocenters. The van der Waals surface area contributed by atoms with Gasteiger partial charge in [0.05, 0.1) is 11.4 Å². The smallest absolute Gasteiger partial charge is 0.273 e. The predicted octanol–water partition coefficient (Wildman–Crippen LogP) is 0.297. The quantitative estimate of drug-likeness (QED) is 0.692. The van der Waals surface area contributed by atoms with Crippen LogP contribution in [0.5, 0.6) is 0 Å². The second-order valence-corrected chi connectivity index (χ2v) is 3.64. The fraction of sp³-hybridized carbons (Fsp3) is 0.500. The molecule has 0 radical (unpaired) electrons. The number of nitrogens with zero attached hydrogens (tertiary/aromatic N) is 2. The van der Waals surface area contributed by atoms with Gasteiger partial charge in [0.15, 0.2) is 11.5 Å². The van der Waals surface area contributed by atoms with Gasteiger partial charge in [-0.3, -0.25) is 4.79 Å². The minimum Gasteiger partial charge on any atom is -0.382 e. The summed E-state index contributed by atoms with van der Waals surface area (Å²) in [4.78, 5) is 19.9. The number of carbonyl (C=O) groups is 1. The standard InChI is InChI=1S/C10H14N4O/c1-12-10(15)8-9(11)14-7-5-3-2-4-6(7)13-8/h2-5H2,1H3,(H2,11,14)(H,12,15). The van der Waals surface area contributed by atoms with Gasteiger partial charge in [-0.25, -0.2) is 9.97 Å². The first-order chi connectivity index (χ1) is 7.22. The van der Waals surface area contributed by atoms with Gasteiger partial charge in [0.2, 0.25) is 0 Å². The van der Waals surface area contributed by atoms with Gasteiger partial charge in [-0.1, -0.05) is 0 Å². The van der Waals surface area contributed by atoms with Gasteiger partial charge in [0, 0.05) is 7.05 Å². The normalized spacial score (nSPS) is 14.5. The van der Waals surface area contributed by atoms with E-state index in [9.17, 15) is 4.79 Å². The number of nitrogens with one attached hydrogen (secondary N) is 1. The molecule has 1 aliphatic carbocycles. The Kier molecular flexibility index (Phi) is 2.53. The summed E-state index contributed by atoms with van der Waals surface area (Å²) in [6, 6.07) is 0. The number of rotatable bonds is 1. The Labute approximate surface area is 88.1 Å². The Balaban J connectivity index is 2.44. The molecule has 3 N–H and O–H groups in total. The minimum absolute atomic E-state index is 0.231. The molecule has 5 heteroatoms. The van der Waals surface area contributed by atoms with E-state index in [0.717, 1.165) is 37.1 Å². The Morgan fingerprint density at radius 1 is 1.27 bits per heavy atom. The molecule has 0 aromatic carbocycles. The lowest BCUT2D eigenvalue weighted by molar-refractivity contribution is 0.0958. The van der Waals surface area contributed by atoms with E-state index in [1.54, 1.807) is 7.05 Å². The number of carbonyl (C=O) groups excluding carboxylic acids is 1. The van der Waals surface area contributed by atoms with Gasteiger partial charge in [0.1, 0.15) is 0 Å². The molecule has 1 amide bonds. The fourth-order valence-electron chi connectivity index (χ4n) is 1.79. The Hall–Kier alpha value is -1.65. The van der Waals surface area contributed by atoms with Crippen molar-refractivity contribution < 1.29 is 4.79 Å². The van der Waals surface area contributed by atoms with Crippen LogP contribution in [0.3, 0.4) is 0 Å². The molecule has 1 aliphatic rings. The van der Waals surface area contributed by atoms with Crippen molar-refractivity contribution in [3.05, 3.63) is 17.1 Å². The molecule has 5 nitrogen and oxygen atoms in total. The first kappa shape index (κ1) is 9.89. The highest BCUT2D eigenvalue weighted by Gasteiger charge is 2.18. The van der Waals surface area contributed by atoms with Crippen molar-refractivity contribution >= 4 is 11.7 Å². The van der Waals surface area contributed by atoms with Gasteiger partial charge in [0.25, 0.3) is 5.91 Å². The molecule has 0 saturated heterocycles. The second kappa shape index (κ2) is 3.84. The van der Waals surface area contributed by atoms with Gasteiger partial charge >= 0.3 is 0 Å². The first-order valence-electron chi connectivity index (χ1n) is 5.09. The molecule has 0 unspecified atom stereocenters. The molecule has 15 heavy (non-hydrogen) atoms. The Morgan fingerprint density at radius 2 is 1.87 bits per heavy atom. The maximum atomic E-state index is 11.4. The predicted molar refractivity (Wildman–Crippen MR) is 56.5 cm³/mol. The van der Waals surface area contributed by atoms with Crippen LogP contribution in [0, 0.1) is 0 Å². The number of anilines is 1. The van der Waals surface area contributed by atoms with Crippen LogP contribution in [-0.2, 0) is 12.8 Å². The molecule has 0 bridgehead atoms. The molecule has 1 heterocycles. The molecule has 2 rings (SSSR count). The lowest BCUT2D eigenvalue weighted by atomic mass is 10.0. The van der Waals surface area contributed by atoms with E-state index in [0.29, 0.717) is 0 Å². The zero-order valence-corrected chi connectivity index (χ0v) is 8.71. The van der Waals surface area contributed by atoms with E-state index < -0.39 is 0 Å². The number of nitrogens with two attached hydrogens (primary N) is 1. The largest absolute Gasteiger partial charge is 0.382 e. The van der Waals surface area contributed by atoms with Crippen LogP contribution in [0.1, 0.15) is 34.7 Å². The average molecular weight is 206 g/mol. The number of amides is 1. The highest BCUT2D eigenvalue weighted by molar-refractivity contribution is 5.96. The van der Waals surface area contributed by atoms with Crippen LogP contribution in [-0.4, -0.2) is 22.9 Å². The van der Waals surface area contributed by atoms with Crippen molar-refractivity contribution in [1.82, 2.24) is 15.3 Å². The third kappa shape index (κ3) is 1.77. The zero-order valence-electron chi connectivity index (χ0n) is 8.71. The van der Waals surface area contributed by atoms with E-state index >= 15 is 0 Å². The monoisotopic (exact) mass is 206 g/mol. The molecule has 1 aromatic rings. The molecule has 80 valence electrons. The van der Waals surface area contributed by atoms with Crippen molar-refractivity contribution in [2.75, 3.05) is 12.8 Å². The van der Waals surface area contributed by atoms with Crippen molar-refractivity contribution in [2.45, 2.75) is 25.7 Å². The number of aromatic nitrogens is 2. The summed E-state index contributed by atoms with van der Waals surface area (Å²) in [5.41, 5.74) is 7.81. The number of aryl methyl sites for hydroxylation is 2. The van der Waals surface area contributed by atoms with Crippen LogP contribution in [0.25, 0.3) is 0 Å². The summed E-state index contributed by atoms with van der Waals surface area (Å²) >= 11 is 0. The fourth-order valence-corrected chi connectivity index (χ4v) is 1.79. The van der Waals surface area contributed by atoms with E-state index in [-0.39, 0.29) is 17.4 Å². The summed E-state index contributed by atoms with van der Waals surface area (Å²) in [6.07, 6.45) is 4.05. The molecule has 1 aromatic heterocycles. The Bertz CT molecular complexity index is 403. The third-order valence-corrected chi connectivity index (χ3v) is 2.60. The van der Waals surface area contributed by atoms with E-state index in [2.05, 4.69) is 15.3 Å². The number of hydrogen-bond acceptors (Lipinski definition) is 4. The van der Waals surface area contributed by atoms with Crippen molar-refractivity contribution in [3.8, 4) is 0 Å². The van der Waals surface area contributed by atoms with Crippen LogP contribution < -0.4 is 11.1 Å². The van der Waals surface area contributed by atoms with Crippen LogP contribution in [0.4, 0.5) is 5.82 Å². The highest BCUT2D eigenvalue weighted by Crippen LogP contribution is 2.20. The van der Waals surface area contributed by atoms with Crippen molar-refractivity contribution in [1.29, 1.82) is 0 Å². The van der Waals surface area contributed by atoms with E-state index in [1.165, 1.54) is 0 Å². The minimum atomic E-state index is -0.270. The molecule has 0 saturated carbocycles. The van der Waals surface area contributed by atoms with Crippen molar-refractivity contribution in [2.24, 2.45) is 0 Å². The van der Waals surface area contributed by atoms with Crippen LogP contribution in [0.2, 0.25) is 0 Å². The number of nitrogen functional groups attached to an aromatic ring is 1. The second-order valence-electron chi connectivity index (χ2n) is 3.64. The molecule has 0 fully saturated rings. The summed E-state index contributed by atoms with van der Waals surface area (Å²) in [5.74, 6) is -0.0385. The van der Waals surface area contributed by atoms with Gasteiger partial charge in [-0.05, 0) is 25.7 Å². The van der Waals surface area contributed by atoms with Crippen molar-refractivity contribution in [3.63, 3.8) is 0 Å². The topological polar surface area (TPSA) is 80.9 Å². The lowest BCUT2D eigenvalue weighted by Gasteiger charge is -2.15. The maximum Gasteiger partial charge on any atom is 0.273 e. The van der Waals surface area contributed by atoms with Gasteiger partial charge in [-0.15, -0.1) is 0 Å². The van der Waals surface area contributed by atoms with E-state index in [1.807, 2.05) is 0 Å². The number of fused-ring (bicyclic) bond motifs is 1. The Morgan fingerprint density at radius 3 is 2.47 bits per heavy atom. The van der Waals surface area contributed by atoms with Crippen LogP contribution in [0.15, 0.2) is 0 Å². The third-order valence-electron chi connectivity index (χ3n) is 2.60. The molecule has 0 aliphatic heterocycles. The first-order valence-corrected chi connectivity index (χ1v) is 5.09. The summed E-state index contributed by atoms with van der Waals surface area (Å²) in [7, 11) is 1.56. The highest BCUT2D eigenvalue weighted by atomic mass is 16.1. The van der Waals surface area contributed by atoms with E-state index in [4.69, 9.17) is 5.73 Å². The summed E-state index contributed by atoms with van der Waals surface area (Å²) < 4.78 is 0. The zero-order chi connectivity index (χ0) is 10.8. The average Bonchev–Trinajstić information content (AvgIpc) is 2.27. The van der Waals surface area contributed by atoms with Gasteiger partial charge < -0.3 is 11.1 Å². The summed E-state index contributed by atoms with van der Waals surface area (Å²) in [6.45, 7) is 0.